The van der Waals surface area contributed by atoms with Gasteiger partial charge in [0.1, 0.15) is 11.9 Å². The Balaban J connectivity index is 0.848. The van der Waals surface area contributed by atoms with Crippen LogP contribution in [0.2, 0.25) is 0 Å². The molecule has 1 saturated carbocycles. The molecule has 5 fully saturated rings. The van der Waals surface area contributed by atoms with Gasteiger partial charge in [-0.3, -0.25) is 24.6 Å². The van der Waals surface area contributed by atoms with Crippen LogP contribution in [0.15, 0.2) is 48.5 Å². The van der Waals surface area contributed by atoms with Gasteiger partial charge in [0.25, 0.3) is 5.91 Å². The number of carbonyl (C=O) groups is 4. The first-order valence-corrected chi connectivity index (χ1v) is 17.2. The highest BCUT2D eigenvalue weighted by Crippen LogP contribution is 2.53. The number of methoxy groups -OCH3 is 1. The predicted octanol–water partition coefficient (Wildman–Crippen LogP) is 3.12. The highest BCUT2D eigenvalue weighted by atomic mass is 16.5. The normalized spacial score (nSPS) is 25.9. The Kier molecular flexibility index (Phi) is 9.39. The van der Waals surface area contributed by atoms with Gasteiger partial charge < -0.3 is 29.3 Å². The summed E-state index contributed by atoms with van der Waals surface area (Å²) < 4.78 is 17.7. The Labute approximate surface area is 281 Å². The highest BCUT2D eigenvalue weighted by Gasteiger charge is 2.47. The second-order valence-electron chi connectivity index (χ2n) is 13.9. The van der Waals surface area contributed by atoms with Crippen LogP contribution in [0.5, 0.6) is 5.75 Å². The third-order valence-electron chi connectivity index (χ3n) is 10.8. The van der Waals surface area contributed by atoms with Crippen LogP contribution in [-0.4, -0.2) is 105 Å². The fourth-order valence-electron chi connectivity index (χ4n) is 8.12. The molecule has 2 aromatic carbocycles. The number of hydrogen-bond donors (Lipinski definition) is 2. The Bertz CT molecular complexity index is 1520. The van der Waals surface area contributed by atoms with E-state index in [0.29, 0.717) is 75.3 Å². The first-order chi connectivity index (χ1) is 23.3. The SMILES string of the molecule is COc1ccc(C(=O)N2CCC3(CC2)CC(CO[C@@H]2CN[C@H](C(=O)N4CCO[C@H](c5ccccc5)C4)C2)C3)cc1N1CCC(=O)NC1=O. The van der Waals surface area contributed by atoms with Crippen molar-refractivity contribution in [3.63, 3.8) is 0 Å². The van der Waals surface area contributed by atoms with Crippen molar-refractivity contribution >= 4 is 29.4 Å². The van der Waals surface area contributed by atoms with Gasteiger partial charge >= 0.3 is 6.03 Å². The Morgan fingerprint density at radius 2 is 1.79 bits per heavy atom. The van der Waals surface area contributed by atoms with Crippen LogP contribution in [0.4, 0.5) is 10.5 Å². The number of likely N-dealkylation sites (tertiary alicyclic amines) is 1. The lowest BCUT2D eigenvalue weighted by molar-refractivity contribution is -0.141. The van der Waals surface area contributed by atoms with E-state index in [1.54, 1.807) is 18.2 Å². The van der Waals surface area contributed by atoms with Crippen LogP contribution < -0.4 is 20.3 Å². The lowest BCUT2D eigenvalue weighted by atomic mass is 9.58. The highest BCUT2D eigenvalue weighted by molar-refractivity contribution is 6.07. The molecule has 1 spiro atoms. The first kappa shape index (κ1) is 32.5. The number of carbonyl (C=O) groups excluding carboxylic acids is 4. The van der Waals surface area contributed by atoms with Gasteiger partial charge in [-0.05, 0) is 67.2 Å². The maximum absolute atomic E-state index is 13.5. The van der Waals surface area contributed by atoms with E-state index < -0.39 is 6.03 Å². The van der Waals surface area contributed by atoms with Crippen molar-refractivity contribution in [1.29, 1.82) is 0 Å². The average Bonchev–Trinajstić information content (AvgIpc) is 3.59. The van der Waals surface area contributed by atoms with Crippen LogP contribution in [0, 0.1) is 11.3 Å². The van der Waals surface area contributed by atoms with Crippen molar-refractivity contribution in [2.45, 2.75) is 56.8 Å². The lowest BCUT2D eigenvalue weighted by Crippen LogP contribution is -2.50. The summed E-state index contributed by atoms with van der Waals surface area (Å²) in [6.45, 7) is 4.72. The molecule has 3 atom stereocenters. The van der Waals surface area contributed by atoms with Crippen molar-refractivity contribution in [3.05, 3.63) is 59.7 Å². The van der Waals surface area contributed by atoms with Crippen molar-refractivity contribution in [2.75, 3.05) is 64.5 Å². The number of urea groups is 1. The number of imide groups is 1. The molecule has 4 heterocycles. The molecule has 2 N–H and O–H groups in total. The molecule has 12 heteroatoms. The Morgan fingerprint density at radius 3 is 2.54 bits per heavy atom. The smallest absolute Gasteiger partial charge is 0.328 e. The largest absolute Gasteiger partial charge is 0.495 e. The van der Waals surface area contributed by atoms with Gasteiger partial charge in [-0.25, -0.2) is 4.79 Å². The Hall–Kier alpha value is -4.00. The van der Waals surface area contributed by atoms with Crippen LogP contribution >= 0.6 is 0 Å². The number of nitrogens with one attached hydrogen (secondary N) is 2. The second-order valence-corrected chi connectivity index (χ2v) is 13.9. The molecule has 7 rings (SSSR count). The van der Waals surface area contributed by atoms with Gasteiger partial charge in [-0.15, -0.1) is 0 Å². The first-order valence-electron chi connectivity index (χ1n) is 17.2. The molecule has 0 aromatic heterocycles. The summed E-state index contributed by atoms with van der Waals surface area (Å²) in [4.78, 5) is 56.2. The third-order valence-corrected chi connectivity index (χ3v) is 10.8. The van der Waals surface area contributed by atoms with E-state index >= 15 is 0 Å². The molecule has 1 aliphatic carbocycles. The number of anilines is 1. The number of hydrogen-bond acceptors (Lipinski definition) is 8. The Morgan fingerprint density at radius 1 is 1.00 bits per heavy atom. The summed E-state index contributed by atoms with van der Waals surface area (Å²) in [5.41, 5.74) is 2.33. The summed E-state index contributed by atoms with van der Waals surface area (Å²) in [5.74, 6) is 0.730. The maximum Gasteiger partial charge on any atom is 0.328 e. The zero-order chi connectivity index (χ0) is 33.3. The number of benzene rings is 2. The van der Waals surface area contributed by atoms with Crippen molar-refractivity contribution in [3.8, 4) is 5.75 Å². The molecular weight excluding hydrogens is 614 g/mol. The van der Waals surface area contributed by atoms with Crippen molar-refractivity contribution < 1.29 is 33.4 Å². The standard InChI is InChI=1S/C36H45N5O7/c1-46-30-8-7-26(17-29(30)41-12-9-32(42)38-35(41)45)33(43)39-13-10-36(11-14-39)19-24(20-36)23-48-27-18-28(37-21-27)34(44)40-15-16-47-31(22-40)25-5-3-2-4-6-25/h2-8,17,24,27-28,31,37H,9-16,18-23H2,1H3,(H,38,42,45)/t27-,28-,31-/m0/s1. The minimum atomic E-state index is -0.514. The third kappa shape index (κ3) is 6.79. The quantitative estimate of drug-likeness (QED) is 0.443. The molecule has 256 valence electrons. The number of ether oxygens (including phenoxy) is 3. The molecule has 5 amide bonds. The summed E-state index contributed by atoms with van der Waals surface area (Å²) in [5, 5.41) is 5.73. The molecule has 12 nitrogen and oxygen atoms in total. The van der Waals surface area contributed by atoms with Crippen LogP contribution in [0.1, 0.15) is 60.6 Å². The van der Waals surface area contributed by atoms with E-state index in [9.17, 15) is 19.2 Å². The van der Waals surface area contributed by atoms with Crippen LogP contribution in [-0.2, 0) is 19.1 Å². The number of nitrogens with zero attached hydrogens (tertiary/aromatic N) is 3. The fourth-order valence-corrected chi connectivity index (χ4v) is 8.12. The van der Waals surface area contributed by atoms with E-state index in [1.165, 1.54) is 12.0 Å². The van der Waals surface area contributed by atoms with E-state index in [4.69, 9.17) is 14.2 Å². The van der Waals surface area contributed by atoms with Gasteiger partial charge in [0.15, 0.2) is 0 Å². The average molecular weight is 660 g/mol. The molecule has 5 aliphatic rings. The van der Waals surface area contributed by atoms with Crippen molar-refractivity contribution in [1.82, 2.24) is 20.4 Å². The second kappa shape index (κ2) is 13.9. The monoisotopic (exact) mass is 659 g/mol. The minimum Gasteiger partial charge on any atom is -0.495 e. The summed E-state index contributed by atoms with van der Waals surface area (Å²) >= 11 is 0. The molecule has 0 bridgehead atoms. The topological polar surface area (TPSA) is 130 Å². The van der Waals surface area contributed by atoms with E-state index in [0.717, 1.165) is 31.2 Å². The lowest BCUT2D eigenvalue weighted by Gasteiger charge is -2.52. The molecule has 48 heavy (non-hydrogen) atoms. The summed E-state index contributed by atoms with van der Waals surface area (Å²) in [6, 6.07) is 14.5. The predicted molar refractivity (Wildman–Crippen MR) is 177 cm³/mol. The van der Waals surface area contributed by atoms with E-state index in [1.807, 2.05) is 40.1 Å². The molecule has 4 saturated heterocycles. The molecular formula is C36H45N5O7. The van der Waals surface area contributed by atoms with Crippen LogP contribution in [0.3, 0.4) is 0 Å². The molecule has 2 aromatic rings. The number of rotatable bonds is 8. The number of piperidine rings is 1. The zero-order valence-corrected chi connectivity index (χ0v) is 27.5. The number of amides is 5. The van der Waals surface area contributed by atoms with Crippen LogP contribution in [0.25, 0.3) is 0 Å². The number of morpholine rings is 1. The van der Waals surface area contributed by atoms with Gasteiger partial charge in [0, 0.05) is 51.3 Å². The van der Waals surface area contributed by atoms with Gasteiger partial charge in [-0.2, -0.15) is 0 Å². The minimum absolute atomic E-state index is 0.0341. The van der Waals surface area contributed by atoms with Crippen molar-refractivity contribution in [2.24, 2.45) is 11.3 Å². The van der Waals surface area contributed by atoms with E-state index in [2.05, 4.69) is 10.6 Å². The fraction of sp³-hybridized carbons (Fsp3) is 0.556. The summed E-state index contributed by atoms with van der Waals surface area (Å²) in [6.07, 6.45) is 4.94. The van der Waals surface area contributed by atoms with Gasteiger partial charge in [0.2, 0.25) is 11.8 Å². The van der Waals surface area contributed by atoms with E-state index in [-0.39, 0.29) is 54.4 Å². The molecule has 4 aliphatic heterocycles. The van der Waals surface area contributed by atoms with Gasteiger partial charge in [0.05, 0.1) is 38.1 Å². The summed E-state index contributed by atoms with van der Waals surface area (Å²) in [7, 11) is 1.52. The maximum atomic E-state index is 13.5. The van der Waals surface area contributed by atoms with Gasteiger partial charge in [-0.1, -0.05) is 30.3 Å². The molecule has 0 radical (unpaired) electrons. The zero-order valence-electron chi connectivity index (χ0n) is 27.5. The molecule has 0 unspecified atom stereocenters.